The first-order chi connectivity index (χ1) is 12.0. The Morgan fingerprint density at radius 1 is 1.32 bits per heavy atom. The van der Waals surface area contributed by atoms with Crippen molar-refractivity contribution in [1.82, 2.24) is 5.43 Å². The highest BCUT2D eigenvalue weighted by atomic mass is 35.5. The Morgan fingerprint density at radius 2 is 2.04 bits per heavy atom. The van der Waals surface area contributed by atoms with Gasteiger partial charge in [-0.05, 0) is 48.4 Å². The second-order valence-corrected chi connectivity index (χ2v) is 5.54. The van der Waals surface area contributed by atoms with Crippen LogP contribution < -0.4 is 14.9 Å². The molecule has 0 fully saturated rings. The fourth-order valence-corrected chi connectivity index (χ4v) is 2.27. The van der Waals surface area contributed by atoms with E-state index >= 15 is 0 Å². The minimum Gasteiger partial charge on any atom is -0.508 e. The molecule has 1 amide bonds. The largest absolute Gasteiger partial charge is 0.508 e. The van der Waals surface area contributed by atoms with Gasteiger partial charge in [-0.3, -0.25) is 4.79 Å². The number of nitrogens with zero attached hydrogens (tertiary/aromatic N) is 1. The maximum absolute atomic E-state index is 11.9. The Bertz CT molecular complexity index is 760. The van der Waals surface area contributed by atoms with Gasteiger partial charge in [0.25, 0.3) is 5.91 Å². The van der Waals surface area contributed by atoms with Crippen molar-refractivity contribution in [3.63, 3.8) is 0 Å². The number of aromatic hydroxyl groups is 1. The number of carbonyl (C=O) groups is 1. The van der Waals surface area contributed by atoms with E-state index in [1.54, 1.807) is 12.1 Å². The summed E-state index contributed by atoms with van der Waals surface area (Å²) < 4.78 is 10.9. The van der Waals surface area contributed by atoms with Crippen LogP contribution in [0.4, 0.5) is 0 Å². The second-order valence-electron chi connectivity index (χ2n) is 5.13. The molecule has 0 atom stereocenters. The van der Waals surface area contributed by atoms with E-state index in [4.69, 9.17) is 21.1 Å². The van der Waals surface area contributed by atoms with Crippen LogP contribution in [0.2, 0.25) is 5.02 Å². The number of amides is 1. The van der Waals surface area contributed by atoms with E-state index in [0.717, 1.165) is 6.42 Å². The maximum Gasteiger partial charge on any atom is 0.271 e. The summed E-state index contributed by atoms with van der Waals surface area (Å²) in [7, 11) is 1.53. The molecule has 0 radical (unpaired) electrons. The van der Waals surface area contributed by atoms with Crippen LogP contribution in [0.5, 0.6) is 17.2 Å². The standard InChI is InChI=1S/C18H19ClN2O4/c1-3-8-25-17-15(19)9-12(10-16(17)24-2)11-20-21-18(23)13-4-6-14(22)7-5-13/h4-7,9-11,22H,3,8H2,1-2H3,(H,21,23)/b20-11-. The molecule has 0 spiro atoms. The molecule has 0 aliphatic rings. The molecule has 0 heterocycles. The maximum atomic E-state index is 11.9. The molecule has 0 unspecified atom stereocenters. The van der Waals surface area contributed by atoms with Crippen molar-refractivity contribution in [2.24, 2.45) is 5.10 Å². The second kappa shape index (κ2) is 8.94. The van der Waals surface area contributed by atoms with Crippen molar-refractivity contribution in [2.45, 2.75) is 13.3 Å². The summed E-state index contributed by atoms with van der Waals surface area (Å²) in [5.41, 5.74) is 3.44. The summed E-state index contributed by atoms with van der Waals surface area (Å²) >= 11 is 6.22. The van der Waals surface area contributed by atoms with Crippen LogP contribution in [0.3, 0.4) is 0 Å². The van der Waals surface area contributed by atoms with Crippen LogP contribution in [0.15, 0.2) is 41.5 Å². The van der Waals surface area contributed by atoms with Gasteiger partial charge in [0.2, 0.25) is 0 Å². The zero-order chi connectivity index (χ0) is 18.2. The zero-order valence-corrected chi connectivity index (χ0v) is 14.7. The molecule has 132 valence electrons. The lowest BCUT2D eigenvalue weighted by Crippen LogP contribution is -2.17. The monoisotopic (exact) mass is 362 g/mol. The number of nitrogens with one attached hydrogen (secondary N) is 1. The quantitative estimate of drug-likeness (QED) is 0.582. The minimum atomic E-state index is -0.391. The molecule has 0 aliphatic heterocycles. The third-order valence-corrected chi connectivity index (χ3v) is 3.49. The third-order valence-electron chi connectivity index (χ3n) is 3.21. The summed E-state index contributed by atoms with van der Waals surface area (Å²) in [6.45, 7) is 2.53. The number of benzene rings is 2. The molecule has 0 saturated heterocycles. The summed E-state index contributed by atoms with van der Waals surface area (Å²) in [4.78, 5) is 11.9. The van der Waals surface area contributed by atoms with Gasteiger partial charge in [0.15, 0.2) is 11.5 Å². The van der Waals surface area contributed by atoms with E-state index in [-0.39, 0.29) is 5.75 Å². The fourth-order valence-electron chi connectivity index (χ4n) is 2.00. The highest BCUT2D eigenvalue weighted by Gasteiger charge is 2.11. The van der Waals surface area contributed by atoms with Gasteiger partial charge < -0.3 is 14.6 Å². The van der Waals surface area contributed by atoms with Crippen LogP contribution in [-0.4, -0.2) is 30.9 Å². The van der Waals surface area contributed by atoms with Crippen molar-refractivity contribution >= 4 is 23.7 Å². The molecule has 0 saturated carbocycles. The molecule has 2 aromatic rings. The predicted molar refractivity (Wildman–Crippen MR) is 97.0 cm³/mol. The first-order valence-corrected chi connectivity index (χ1v) is 8.05. The number of phenolic OH excluding ortho intramolecular Hbond substituents is 1. The summed E-state index contributed by atoms with van der Waals surface area (Å²) in [5.74, 6) is 0.674. The molecule has 0 aromatic heterocycles. The Balaban J connectivity index is 2.08. The number of methoxy groups -OCH3 is 1. The van der Waals surface area contributed by atoms with Crippen LogP contribution in [-0.2, 0) is 0 Å². The van der Waals surface area contributed by atoms with Gasteiger partial charge in [-0.25, -0.2) is 5.43 Å². The third kappa shape index (κ3) is 5.12. The molecule has 6 nitrogen and oxygen atoms in total. The highest BCUT2D eigenvalue weighted by Crippen LogP contribution is 2.36. The number of hydrazone groups is 1. The number of phenols is 1. The molecule has 2 N–H and O–H groups in total. The van der Waals surface area contributed by atoms with E-state index in [0.29, 0.717) is 34.3 Å². The van der Waals surface area contributed by atoms with E-state index in [9.17, 15) is 9.90 Å². The van der Waals surface area contributed by atoms with Crippen LogP contribution in [0.1, 0.15) is 29.3 Å². The van der Waals surface area contributed by atoms with Gasteiger partial charge in [-0.1, -0.05) is 18.5 Å². The molecular weight excluding hydrogens is 344 g/mol. The average molecular weight is 363 g/mol. The summed E-state index contributed by atoms with van der Waals surface area (Å²) in [6.07, 6.45) is 2.31. The number of rotatable bonds is 7. The molecule has 0 aliphatic carbocycles. The first kappa shape index (κ1) is 18.6. The SMILES string of the molecule is CCCOc1c(Cl)cc(/C=N\NC(=O)c2ccc(O)cc2)cc1OC. The van der Waals surface area contributed by atoms with E-state index in [1.165, 1.54) is 37.6 Å². The molecule has 2 rings (SSSR count). The molecule has 2 aromatic carbocycles. The Kier molecular flexibility index (Phi) is 6.65. The molecule has 25 heavy (non-hydrogen) atoms. The number of hydrogen-bond acceptors (Lipinski definition) is 5. The topological polar surface area (TPSA) is 80.2 Å². The fraction of sp³-hybridized carbons (Fsp3) is 0.222. The van der Waals surface area contributed by atoms with Crippen LogP contribution in [0, 0.1) is 0 Å². The van der Waals surface area contributed by atoms with Crippen LogP contribution in [0.25, 0.3) is 0 Å². The van der Waals surface area contributed by atoms with Gasteiger partial charge >= 0.3 is 0 Å². The minimum absolute atomic E-state index is 0.0900. The number of halogens is 1. The zero-order valence-electron chi connectivity index (χ0n) is 14.0. The van der Waals surface area contributed by atoms with Gasteiger partial charge in [0, 0.05) is 5.56 Å². The summed E-state index contributed by atoms with van der Waals surface area (Å²) in [5, 5.41) is 13.5. The van der Waals surface area contributed by atoms with Gasteiger partial charge in [0.1, 0.15) is 5.75 Å². The smallest absolute Gasteiger partial charge is 0.271 e. The molecule has 7 heteroatoms. The summed E-state index contributed by atoms with van der Waals surface area (Å²) in [6, 6.07) is 9.24. The van der Waals surface area contributed by atoms with Crippen molar-refractivity contribution in [2.75, 3.05) is 13.7 Å². The number of carbonyl (C=O) groups excluding carboxylic acids is 1. The molecule has 0 bridgehead atoms. The Hall–Kier alpha value is -2.73. The van der Waals surface area contributed by atoms with Crippen molar-refractivity contribution in [1.29, 1.82) is 0 Å². The lowest BCUT2D eigenvalue weighted by Gasteiger charge is -2.12. The first-order valence-electron chi connectivity index (χ1n) is 7.68. The molecular formula is C18H19ClN2O4. The predicted octanol–water partition coefficient (Wildman–Crippen LogP) is 3.61. The normalized spacial score (nSPS) is 10.7. The van der Waals surface area contributed by atoms with Gasteiger partial charge in [-0.2, -0.15) is 5.10 Å². The Labute approximate surface area is 151 Å². The van der Waals surface area contributed by atoms with E-state index in [2.05, 4.69) is 10.5 Å². The lowest BCUT2D eigenvalue weighted by molar-refractivity contribution is 0.0955. The van der Waals surface area contributed by atoms with Crippen molar-refractivity contribution in [3.05, 3.63) is 52.5 Å². The number of ether oxygens (including phenoxy) is 2. The average Bonchev–Trinajstić information content (AvgIpc) is 2.61. The highest BCUT2D eigenvalue weighted by molar-refractivity contribution is 6.32. The van der Waals surface area contributed by atoms with E-state index < -0.39 is 5.91 Å². The van der Waals surface area contributed by atoms with E-state index in [1.807, 2.05) is 6.92 Å². The van der Waals surface area contributed by atoms with Crippen LogP contribution >= 0.6 is 11.6 Å². The Morgan fingerprint density at radius 3 is 2.68 bits per heavy atom. The number of hydrogen-bond donors (Lipinski definition) is 2. The van der Waals surface area contributed by atoms with Crippen molar-refractivity contribution in [3.8, 4) is 17.2 Å². The van der Waals surface area contributed by atoms with Gasteiger partial charge in [0.05, 0.1) is 25.0 Å². The van der Waals surface area contributed by atoms with Gasteiger partial charge in [-0.15, -0.1) is 0 Å². The lowest BCUT2D eigenvalue weighted by atomic mass is 10.2. The van der Waals surface area contributed by atoms with Crippen molar-refractivity contribution < 1.29 is 19.4 Å².